The van der Waals surface area contributed by atoms with E-state index >= 15 is 0 Å². The number of benzene rings is 1. The fraction of sp³-hybridized carbons (Fsp3) is 0.417. The number of aliphatic hydroxyl groups is 1. The molecule has 0 bridgehead atoms. The summed E-state index contributed by atoms with van der Waals surface area (Å²) in [6.45, 7) is 1.17. The number of amides is 1. The Balaban J connectivity index is 1.58. The van der Waals surface area contributed by atoms with Crippen molar-refractivity contribution in [2.45, 2.75) is 31.5 Å². The zero-order valence-corrected chi connectivity index (χ0v) is 19.5. The molecule has 2 atom stereocenters. The van der Waals surface area contributed by atoms with Gasteiger partial charge in [0, 0.05) is 38.1 Å². The quantitative estimate of drug-likeness (QED) is 0.221. The monoisotopic (exact) mass is 486 g/mol. The van der Waals surface area contributed by atoms with E-state index < -0.39 is 11.2 Å². The van der Waals surface area contributed by atoms with Crippen LogP contribution in [0.2, 0.25) is 0 Å². The van der Waals surface area contributed by atoms with Gasteiger partial charge in [-0.25, -0.2) is 4.98 Å². The largest absolute Gasteiger partial charge is 0.497 e. The first-order chi connectivity index (χ1) is 17.0. The molecule has 1 amide bonds. The van der Waals surface area contributed by atoms with Crippen LogP contribution in [0.3, 0.4) is 0 Å². The van der Waals surface area contributed by atoms with Crippen LogP contribution in [0, 0.1) is 10.1 Å². The zero-order chi connectivity index (χ0) is 25.0. The van der Waals surface area contributed by atoms with Gasteiger partial charge >= 0.3 is 0 Å². The Bertz CT molecular complexity index is 996. The van der Waals surface area contributed by atoms with Crippen molar-refractivity contribution in [3.05, 3.63) is 70.1 Å². The van der Waals surface area contributed by atoms with Gasteiger partial charge in [0.15, 0.2) is 5.76 Å². The van der Waals surface area contributed by atoms with Gasteiger partial charge < -0.3 is 30.0 Å². The first-order valence-electron chi connectivity index (χ1n) is 11.4. The number of nitrogens with one attached hydrogen (secondary N) is 2. The molecule has 1 aromatic carbocycles. The number of hydrogen-bond donors (Lipinski definition) is 3. The topological polar surface area (TPSA) is 145 Å². The van der Waals surface area contributed by atoms with Gasteiger partial charge in [0.2, 0.25) is 6.29 Å². The third kappa shape index (κ3) is 7.94. The van der Waals surface area contributed by atoms with Crippen molar-refractivity contribution in [3.8, 4) is 5.75 Å². The first kappa shape index (κ1) is 25.9. The summed E-state index contributed by atoms with van der Waals surface area (Å²) in [5, 5.41) is 25.5. The lowest BCUT2D eigenvalue weighted by Crippen LogP contribution is -2.35. The smallest absolute Gasteiger partial charge is 0.287 e. The van der Waals surface area contributed by atoms with Crippen LogP contribution < -0.4 is 15.4 Å². The molecular formula is C24H30N4O7. The summed E-state index contributed by atoms with van der Waals surface area (Å²) in [6.07, 6.45) is 4.24. The standard InChI is InChI=1S/C24H30N4O7/c1-33-20-7-4-17(5-8-20)18-14-21(35-23(15-18)34-13-3-2-12-29)24(30)26-11-10-25-22-9-6-19(16-27-22)28(31)32/h4-9,14,16,18,23,29H,2-3,10-13,15H2,1H3,(H,25,27)(H,26,30)/t18-,23+/m0/s1. The molecular weight excluding hydrogens is 456 g/mol. The van der Waals surface area contributed by atoms with Crippen LogP contribution in [0.4, 0.5) is 11.5 Å². The Kier molecular flexibility index (Phi) is 9.81. The number of aromatic nitrogens is 1. The van der Waals surface area contributed by atoms with Crippen molar-refractivity contribution in [3.63, 3.8) is 0 Å². The number of rotatable bonds is 13. The molecule has 2 aromatic rings. The van der Waals surface area contributed by atoms with E-state index in [0.29, 0.717) is 38.2 Å². The molecule has 3 rings (SSSR count). The molecule has 0 saturated carbocycles. The summed E-state index contributed by atoms with van der Waals surface area (Å²) in [5.41, 5.74) is 0.916. The number of unbranched alkanes of at least 4 members (excludes halogenated alkanes) is 1. The maximum absolute atomic E-state index is 12.8. The van der Waals surface area contributed by atoms with Crippen molar-refractivity contribution in [1.82, 2.24) is 10.3 Å². The van der Waals surface area contributed by atoms with Crippen LogP contribution in [-0.4, -0.2) is 60.6 Å². The number of carbonyl (C=O) groups is 1. The highest BCUT2D eigenvalue weighted by atomic mass is 16.7. The molecule has 11 nitrogen and oxygen atoms in total. The Morgan fingerprint density at radius 1 is 1.23 bits per heavy atom. The summed E-state index contributed by atoms with van der Waals surface area (Å²) in [7, 11) is 1.61. The molecule has 35 heavy (non-hydrogen) atoms. The summed E-state index contributed by atoms with van der Waals surface area (Å²) in [6, 6.07) is 10.5. The Morgan fingerprint density at radius 3 is 2.69 bits per heavy atom. The van der Waals surface area contributed by atoms with E-state index in [1.54, 1.807) is 13.2 Å². The fourth-order valence-electron chi connectivity index (χ4n) is 3.48. The third-order valence-electron chi connectivity index (χ3n) is 5.36. The predicted molar refractivity (Wildman–Crippen MR) is 128 cm³/mol. The van der Waals surface area contributed by atoms with Crippen LogP contribution in [0.1, 0.15) is 30.7 Å². The minimum absolute atomic E-state index is 0.0827. The van der Waals surface area contributed by atoms with E-state index in [1.165, 1.54) is 18.3 Å². The second-order valence-corrected chi connectivity index (χ2v) is 7.84. The Morgan fingerprint density at radius 2 is 2.03 bits per heavy atom. The maximum atomic E-state index is 12.8. The van der Waals surface area contributed by atoms with E-state index in [1.807, 2.05) is 24.3 Å². The number of methoxy groups -OCH3 is 1. The second-order valence-electron chi connectivity index (χ2n) is 7.84. The minimum atomic E-state index is -0.589. The molecule has 1 aromatic heterocycles. The number of anilines is 1. The number of ether oxygens (including phenoxy) is 3. The molecule has 0 radical (unpaired) electrons. The first-order valence-corrected chi connectivity index (χ1v) is 11.4. The fourth-order valence-corrected chi connectivity index (χ4v) is 3.48. The lowest BCUT2D eigenvalue weighted by atomic mass is 9.93. The molecule has 1 aliphatic heterocycles. The number of nitro groups is 1. The van der Waals surface area contributed by atoms with Crippen molar-refractivity contribution in [2.75, 3.05) is 38.7 Å². The highest BCUT2D eigenvalue weighted by molar-refractivity contribution is 5.91. The van der Waals surface area contributed by atoms with E-state index in [0.717, 1.165) is 11.3 Å². The summed E-state index contributed by atoms with van der Waals surface area (Å²) >= 11 is 0. The van der Waals surface area contributed by atoms with Gasteiger partial charge in [0.25, 0.3) is 11.6 Å². The van der Waals surface area contributed by atoms with Crippen LogP contribution in [0.5, 0.6) is 5.75 Å². The Labute approximate surface area is 203 Å². The normalized spacial score (nSPS) is 17.1. The van der Waals surface area contributed by atoms with Crippen LogP contribution in [0.25, 0.3) is 0 Å². The Hall–Kier alpha value is -3.70. The summed E-state index contributed by atoms with van der Waals surface area (Å²) in [5.74, 6) is 0.937. The number of carbonyl (C=O) groups excluding carboxylic acids is 1. The molecule has 11 heteroatoms. The van der Waals surface area contributed by atoms with Crippen molar-refractivity contribution < 1.29 is 29.0 Å². The molecule has 2 heterocycles. The summed E-state index contributed by atoms with van der Waals surface area (Å²) in [4.78, 5) is 27.0. The van der Waals surface area contributed by atoms with Crippen molar-refractivity contribution in [1.29, 1.82) is 0 Å². The number of aliphatic hydroxyl groups excluding tert-OH is 1. The van der Waals surface area contributed by atoms with Gasteiger partial charge in [-0.15, -0.1) is 0 Å². The van der Waals surface area contributed by atoms with Gasteiger partial charge in [-0.1, -0.05) is 12.1 Å². The number of nitrogens with zero attached hydrogens (tertiary/aromatic N) is 2. The van der Waals surface area contributed by atoms with Gasteiger partial charge in [-0.2, -0.15) is 0 Å². The molecule has 0 spiro atoms. The number of hydrogen-bond acceptors (Lipinski definition) is 9. The molecule has 0 aliphatic carbocycles. The SMILES string of the molecule is COc1ccc([C@H]2C=C(C(=O)NCCNc3ccc([N+](=O)[O-])cn3)O[C@@H](OCCCCO)C2)cc1. The average Bonchev–Trinajstić information content (AvgIpc) is 2.89. The summed E-state index contributed by atoms with van der Waals surface area (Å²) < 4.78 is 16.9. The lowest BCUT2D eigenvalue weighted by Gasteiger charge is -2.29. The average molecular weight is 487 g/mol. The van der Waals surface area contributed by atoms with Gasteiger partial charge in [0.05, 0.1) is 18.6 Å². The molecule has 0 saturated heterocycles. The van der Waals surface area contributed by atoms with E-state index in [9.17, 15) is 14.9 Å². The minimum Gasteiger partial charge on any atom is -0.497 e. The van der Waals surface area contributed by atoms with Gasteiger partial charge in [-0.3, -0.25) is 14.9 Å². The van der Waals surface area contributed by atoms with E-state index in [4.69, 9.17) is 19.3 Å². The molecule has 3 N–H and O–H groups in total. The van der Waals surface area contributed by atoms with E-state index in [2.05, 4.69) is 15.6 Å². The lowest BCUT2D eigenvalue weighted by molar-refractivity contribution is -0.385. The molecule has 1 aliphatic rings. The van der Waals surface area contributed by atoms with Crippen molar-refractivity contribution in [2.24, 2.45) is 0 Å². The number of allylic oxidation sites excluding steroid dienone is 1. The van der Waals surface area contributed by atoms with Gasteiger partial charge in [0.1, 0.15) is 17.8 Å². The van der Waals surface area contributed by atoms with Crippen LogP contribution >= 0.6 is 0 Å². The molecule has 0 unspecified atom stereocenters. The number of pyridine rings is 1. The van der Waals surface area contributed by atoms with Crippen LogP contribution in [-0.2, 0) is 14.3 Å². The highest BCUT2D eigenvalue weighted by Crippen LogP contribution is 2.32. The molecule has 0 fully saturated rings. The maximum Gasteiger partial charge on any atom is 0.287 e. The zero-order valence-electron chi connectivity index (χ0n) is 19.5. The van der Waals surface area contributed by atoms with Crippen molar-refractivity contribution >= 4 is 17.4 Å². The third-order valence-corrected chi connectivity index (χ3v) is 5.36. The van der Waals surface area contributed by atoms with E-state index in [-0.39, 0.29) is 36.4 Å². The predicted octanol–water partition coefficient (Wildman–Crippen LogP) is 2.73. The van der Waals surface area contributed by atoms with Gasteiger partial charge in [-0.05, 0) is 42.7 Å². The second kappa shape index (κ2) is 13.3. The molecule has 188 valence electrons. The highest BCUT2D eigenvalue weighted by Gasteiger charge is 2.28. The van der Waals surface area contributed by atoms with Crippen LogP contribution in [0.15, 0.2) is 54.4 Å².